The molecule has 1 saturated heterocycles. The van der Waals surface area contributed by atoms with Gasteiger partial charge in [-0.1, -0.05) is 17.4 Å². The van der Waals surface area contributed by atoms with Gasteiger partial charge in [-0.05, 0) is 38.5 Å². The Bertz CT molecular complexity index is 1060. The lowest BCUT2D eigenvalue weighted by atomic mass is 10.2. The van der Waals surface area contributed by atoms with Crippen LogP contribution in [0.1, 0.15) is 27.4 Å². The molecule has 0 spiro atoms. The Labute approximate surface area is 192 Å². The van der Waals surface area contributed by atoms with Crippen molar-refractivity contribution in [3.05, 3.63) is 40.8 Å². The number of ether oxygens (including phenoxy) is 2. The van der Waals surface area contributed by atoms with Gasteiger partial charge in [-0.2, -0.15) is 0 Å². The highest BCUT2D eigenvalue weighted by Crippen LogP contribution is 2.37. The van der Waals surface area contributed by atoms with E-state index >= 15 is 0 Å². The first-order chi connectivity index (χ1) is 14.5. The summed E-state index contributed by atoms with van der Waals surface area (Å²) in [6, 6.07) is 5.75. The second-order valence-corrected chi connectivity index (χ2v) is 8.47. The van der Waals surface area contributed by atoms with Crippen molar-refractivity contribution in [1.29, 1.82) is 0 Å². The van der Waals surface area contributed by atoms with Crippen LogP contribution in [0.2, 0.25) is 0 Å². The smallest absolute Gasteiger partial charge is 0.263 e. The van der Waals surface area contributed by atoms with Gasteiger partial charge in [-0.15, -0.1) is 12.4 Å². The zero-order chi connectivity index (χ0) is 21.3. The number of morpholine rings is 1. The molecule has 1 aromatic carbocycles. The monoisotopic (exact) mass is 465 g/mol. The van der Waals surface area contributed by atoms with E-state index in [9.17, 15) is 4.79 Å². The number of hydrogen-bond donors (Lipinski definition) is 0. The molecule has 0 N–H and O–H groups in total. The van der Waals surface area contributed by atoms with Crippen molar-refractivity contribution >= 4 is 45.0 Å². The zero-order valence-corrected chi connectivity index (χ0v) is 19.9. The van der Waals surface area contributed by atoms with E-state index in [1.54, 1.807) is 18.1 Å². The Morgan fingerprint density at radius 1 is 1.26 bits per heavy atom. The zero-order valence-electron chi connectivity index (χ0n) is 18.3. The van der Waals surface area contributed by atoms with Crippen molar-refractivity contribution in [2.24, 2.45) is 0 Å². The summed E-state index contributed by atoms with van der Waals surface area (Å²) in [6.45, 7) is 10.2. The maximum Gasteiger partial charge on any atom is 0.263 e. The van der Waals surface area contributed by atoms with Crippen molar-refractivity contribution < 1.29 is 18.7 Å². The molecule has 0 aliphatic carbocycles. The molecule has 1 aliphatic heterocycles. The van der Waals surface area contributed by atoms with Crippen molar-refractivity contribution in [2.75, 3.05) is 51.4 Å². The fraction of sp³-hybridized carbons (Fsp3) is 0.455. The summed E-state index contributed by atoms with van der Waals surface area (Å²) < 4.78 is 17.6. The average molecular weight is 466 g/mol. The molecule has 1 aliphatic rings. The molecule has 0 saturated carbocycles. The van der Waals surface area contributed by atoms with E-state index in [0.29, 0.717) is 28.7 Å². The number of fused-ring (bicyclic) bond motifs is 1. The number of aryl methyl sites for hydroxylation is 3. The third kappa shape index (κ3) is 4.87. The molecule has 0 unspecified atom stereocenters. The van der Waals surface area contributed by atoms with E-state index < -0.39 is 0 Å². The summed E-state index contributed by atoms with van der Waals surface area (Å²) in [5.41, 5.74) is 2.49. The number of benzene rings is 1. The van der Waals surface area contributed by atoms with E-state index in [2.05, 4.69) is 4.90 Å². The summed E-state index contributed by atoms with van der Waals surface area (Å²) in [5, 5.41) is 0.675. The number of aromatic nitrogens is 1. The number of furan rings is 1. The van der Waals surface area contributed by atoms with Crippen LogP contribution in [0.5, 0.6) is 5.75 Å². The summed E-state index contributed by atoms with van der Waals surface area (Å²) in [6.07, 6.45) is 0. The van der Waals surface area contributed by atoms with Gasteiger partial charge in [0.2, 0.25) is 0 Å². The predicted octanol–water partition coefficient (Wildman–Crippen LogP) is 4.22. The lowest BCUT2D eigenvalue weighted by molar-refractivity contribution is 0.0391. The minimum Gasteiger partial charge on any atom is -0.494 e. The quantitative estimate of drug-likeness (QED) is 0.542. The van der Waals surface area contributed by atoms with Gasteiger partial charge in [-0.25, -0.2) is 4.98 Å². The third-order valence-corrected chi connectivity index (χ3v) is 6.62. The number of carbonyl (C=O) groups excluding carboxylic acids is 1. The van der Waals surface area contributed by atoms with Crippen LogP contribution < -0.4 is 9.64 Å². The Kier molecular flexibility index (Phi) is 7.59. The van der Waals surface area contributed by atoms with Crippen LogP contribution in [0.15, 0.2) is 22.6 Å². The van der Waals surface area contributed by atoms with Gasteiger partial charge in [0.1, 0.15) is 22.8 Å². The van der Waals surface area contributed by atoms with Gasteiger partial charge in [0.15, 0.2) is 5.13 Å². The molecule has 2 aromatic heterocycles. The minimum absolute atomic E-state index is 0. The Balaban J connectivity index is 0.00000272. The largest absolute Gasteiger partial charge is 0.494 e. The lowest BCUT2D eigenvalue weighted by Crippen LogP contribution is -2.43. The van der Waals surface area contributed by atoms with Crippen molar-refractivity contribution in [1.82, 2.24) is 9.88 Å². The summed E-state index contributed by atoms with van der Waals surface area (Å²) in [7, 11) is 1.64. The summed E-state index contributed by atoms with van der Waals surface area (Å²) in [5.74, 6) is 1.98. The number of carbonyl (C=O) groups is 1. The van der Waals surface area contributed by atoms with Crippen molar-refractivity contribution in [3.8, 4) is 5.75 Å². The third-order valence-electron chi connectivity index (χ3n) is 5.40. The molecule has 7 nitrogen and oxygen atoms in total. The molecular formula is C22H28ClN3O4S. The van der Waals surface area contributed by atoms with Crippen LogP contribution in [0.3, 0.4) is 0 Å². The molecule has 0 bridgehead atoms. The fourth-order valence-corrected chi connectivity index (χ4v) is 4.79. The molecule has 0 radical (unpaired) electrons. The topological polar surface area (TPSA) is 68.0 Å². The second-order valence-electron chi connectivity index (χ2n) is 7.50. The van der Waals surface area contributed by atoms with Crippen LogP contribution in [-0.4, -0.2) is 62.3 Å². The second kappa shape index (κ2) is 9.99. The Morgan fingerprint density at radius 3 is 2.65 bits per heavy atom. The summed E-state index contributed by atoms with van der Waals surface area (Å²) >= 11 is 1.52. The van der Waals surface area contributed by atoms with E-state index in [1.165, 1.54) is 11.3 Å². The predicted molar refractivity (Wildman–Crippen MR) is 125 cm³/mol. The number of thiazole rings is 1. The number of amides is 1. The fourth-order valence-electron chi connectivity index (χ4n) is 3.72. The van der Waals surface area contributed by atoms with Gasteiger partial charge in [-0.3, -0.25) is 14.6 Å². The normalized spacial score (nSPS) is 14.5. The van der Waals surface area contributed by atoms with Crippen LogP contribution >= 0.6 is 23.7 Å². The number of halogens is 1. The molecule has 3 heterocycles. The molecule has 0 atom stereocenters. The first-order valence-corrected chi connectivity index (χ1v) is 10.9. The Morgan fingerprint density at radius 2 is 2.00 bits per heavy atom. The van der Waals surface area contributed by atoms with Gasteiger partial charge in [0.25, 0.3) is 5.91 Å². The highest BCUT2D eigenvalue weighted by atomic mass is 35.5. The maximum atomic E-state index is 13.5. The van der Waals surface area contributed by atoms with Gasteiger partial charge in [0, 0.05) is 26.2 Å². The number of hydrogen-bond acceptors (Lipinski definition) is 7. The van der Waals surface area contributed by atoms with Gasteiger partial charge in [0.05, 0.1) is 30.6 Å². The van der Waals surface area contributed by atoms with Crippen molar-refractivity contribution in [2.45, 2.75) is 20.8 Å². The van der Waals surface area contributed by atoms with Crippen molar-refractivity contribution in [3.63, 3.8) is 0 Å². The highest BCUT2D eigenvalue weighted by Gasteiger charge is 2.26. The van der Waals surface area contributed by atoms with Crippen LogP contribution in [0.4, 0.5) is 5.13 Å². The Hall–Kier alpha value is -2.13. The first-order valence-electron chi connectivity index (χ1n) is 10.1. The van der Waals surface area contributed by atoms with E-state index in [1.807, 2.05) is 32.9 Å². The molecular weight excluding hydrogens is 438 g/mol. The van der Waals surface area contributed by atoms with E-state index in [-0.39, 0.29) is 18.3 Å². The first kappa shape index (κ1) is 23.5. The van der Waals surface area contributed by atoms with Crippen LogP contribution in [0, 0.1) is 20.8 Å². The van der Waals surface area contributed by atoms with E-state index in [4.69, 9.17) is 18.9 Å². The standard InChI is InChI=1S/C22H27N3O4S.ClH/c1-14-5-6-18(27-4)19-20(14)30-22(23-19)25(8-7-24-9-11-28-12-10-24)21(26)17-13-15(2)29-16(17)3;/h5-6,13H,7-12H2,1-4H3;1H. The van der Waals surface area contributed by atoms with Crippen LogP contribution in [0.25, 0.3) is 10.2 Å². The molecule has 1 amide bonds. The minimum atomic E-state index is -0.0896. The van der Waals surface area contributed by atoms with E-state index in [0.717, 1.165) is 54.4 Å². The SMILES string of the molecule is COc1ccc(C)c2sc(N(CCN3CCOCC3)C(=O)c3cc(C)oc3C)nc12.Cl. The van der Waals surface area contributed by atoms with Gasteiger partial charge >= 0.3 is 0 Å². The molecule has 168 valence electrons. The number of anilines is 1. The molecule has 1 fully saturated rings. The molecule has 31 heavy (non-hydrogen) atoms. The maximum absolute atomic E-state index is 13.5. The molecule has 3 aromatic rings. The number of nitrogens with zero attached hydrogens (tertiary/aromatic N) is 3. The summed E-state index contributed by atoms with van der Waals surface area (Å²) in [4.78, 5) is 22.4. The van der Waals surface area contributed by atoms with Gasteiger partial charge < -0.3 is 13.9 Å². The molecule has 9 heteroatoms. The van der Waals surface area contributed by atoms with Crippen LogP contribution in [-0.2, 0) is 4.74 Å². The average Bonchev–Trinajstić information content (AvgIpc) is 3.33. The lowest BCUT2D eigenvalue weighted by Gasteiger charge is -2.29. The number of methoxy groups -OCH3 is 1. The molecule has 4 rings (SSSR count). The highest BCUT2D eigenvalue weighted by molar-refractivity contribution is 7.22. The number of rotatable bonds is 6.